The lowest BCUT2D eigenvalue weighted by atomic mass is 10.1. The molecule has 0 aliphatic carbocycles. The number of carbonyl (C=O) groups is 2. The molecule has 0 fully saturated rings. The Labute approximate surface area is 167 Å². The van der Waals surface area contributed by atoms with E-state index in [4.69, 9.17) is 0 Å². The Morgan fingerprint density at radius 3 is 2.45 bits per heavy atom. The molecule has 0 atom stereocenters. The molecule has 1 heterocycles. The number of hydrogen-bond acceptors (Lipinski definition) is 5. The Hall–Kier alpha value is -3.62. The van der Waals surface area contributed by atoms with Crippen molar-refractivity contribution in [2.75, 3.05) is 18.9 Å². The van der Waals surface area contributed by atoms with Crippen molar-refractivity contribution in [3.8, 4) is 11.4 Å². The molecular formula is C20H21FN6O2. The predicted octanol–water partition coefficient (Wildman–Crippen LogP) is 2.14. The standard InChI is InChI=1S/C20H21FN6O2/c1-3-14-4-6-15(7-5-14)20-23-25-27(24-20)13-19(29)26(2)12-18(28)22-17-10-8-16(21)9-11-17/h4-11H,3,12-13H2,1-2H3,(H,22,28). The molecule has 1 aromatic heterocycles. The van der Waals surface area contributed by atoms with E-state index in [1.54, 1.807) is 0 Å². The van der Waals surface area contributed by atoms with Crippen molar-refractivity contribution in [2.24, 2.45) is 0 Å². The first kappa shape index (κ1) is 20.1. The van der Waals surface area contributed by atoms with Crippen molar-refractivity contribution < 1.29 is 14.0 Å². The third-order valence-electron chi connectivity index (χ3n) is 4.28. The second-order valence-corrected chi connectivity index (χ2v) is 6.50. The lowest BCUT2D eigenvalue weighted by Crippen LogP contribution is -2.37. The Morgan fingerprint density at radius 2 is 1.79 bits per heavy atom. The fourth-order valence-corrected chi connectivity index (χ4v) is 2.59. The van der Waals surface area contributed by atoms with E-state index in [2.05, 4.69) is 27.7 Å². The highest BCUT2D eigenvalue weighted by molar-refractivity contribution is 5.94. The van der Waals surface area contributed by atoms with Crippen LogP contribution in [0.1, 0.15) is 12.5 Å². The summed E-state index contributed by atoms with van der Waals surface area (Å²) in [5.41, 5.74) is 2.47. The third-order valence-corrected chi connectivity index (χ3v) is 4.28. The highest BCUT2D eigenvalue weighted by Gasteiger charge is 2.16. The van der Waals surface area contributed by atoms with Crippen LogP contribution in [0.25, 0.3) is 11.4 Å². The van der Waals surface area contributed by atoms with Gasteiger partial charge in [0.15, 0.2) is 0 Å². The molecule has 0 saturated heterocycles. The number of nitrogens with zero attached hydrogens (tertiary/aromatic N) is 5. The number of rotatable bonds is 7. The number of likely N-dealkylation sites (N-methyl/N-ethyl adjacent to an activating group) is 1. The molecule has 0 bridgehead atoms. The Morgan fingerprint density at radius 1 is 1.10 bits per heavy atom. The van der Waals surface area contributed by atoms with Crippen molar-refractivity contribution in [3.05, 3.63) is 59.9 Å². The monoisotopic (exact) mass is 396 g/mol. The van der Waals surface area contributed by atoms with Gasteiger partial charge in [-0.05, 0) is 41.5 Å². The summed E-state index contributed by atoms with van der Waals surface area (Å²) < 4.78 is 12.9. The topological polar surface area (TPSA) is 93.0 Å². The molecule has 2 aromatic carbocycles. The van der Waals surface area contributed by atoms with E-state index < -0.39 is 11.7 Å². The minimum atomic E-state index is -0.393. The molecule has 29 heavy (non-hydrogen) atoms. The lowest BCUT2D eigenvalue weighted by molar-refractivity contribution is -0.134. The first-order valence-corrected chi connectivity index (χ1v) is 9.11. The summed E-state index contributed by atoms with van der Waals surface area (Å²) >= 11 is 0. The minimum Gasteiger partial charge on any atom is -0.335 e. The largest absolute Gasteiger partial charge is 0.335 e. The van der Waals surface area contributed by atoms with Crippen LogP contribution in [-0.2, 0) is 22.6 Å². The number of aromatic nitrogens is 4. The van der Waals surface area contributed by atoms with E-state index in [0.717, 1.165) is 12.0 Å². The number of anilines is 1. The van der Waals surface area contributed by atoms with Crippen LogP contribution in [-0.4, -0.2) is 50.5 Å². The molecule has 1 N–H and O–H groups in total. The van der Waals surface area contributed by atoms with E-state index in [0.29, 0.717) is 11.5 Å². The Bertz CT molecular complexity index is 985. The van der Waals surface area contributed by atoms with Gasteiger partial charge in [0.05, 0.1) is 6.54 Å². The number of hydrogen-bond donors (Lipinski definition) is 1. The minimum absolute atomic E-state index is 0.139. The van der Waals surface area contributed by atoms with Crippen LogP contribution in [0, 0.1) is 5.82 Å². The molecule has 3 rings (SSSR count). The van der Waals surface area contributed by atoms with Crippen molar-refractivity contribution in [1.29, 1.82) is 0 Å². The van der Waals surface area contributed by atoms with E-state index >= 15 is 0 Å². The van der Waals surface area contributed by atoms with Crippen molar-refractivity contribution >= 4 is 17.5 Å². The SMILES string of the molecule is CCc1ccc(-c2nnn(CC(=O)N(C)CC(=O)Nc3ccc(F)cc3)n2)cc1. The second-order valence-electron chi connectivity index (χ2n) is 6.50. The van der Waals surface area contributed by atoms with Gasteiger partial charge in [-0.2, -0.15) is 4.80 Å². The fourth-order valence-electron chi connectivity index (χ4n) is 2.59. The van der Waals surface area contributed by atoms with Crippen molar-refractivity contribution in [1.82, 2.24) is 25.1 Å². The normalized spacial score (nSPS) is 10.6. The van der Waals surface area contributed by atoms with Crippen LogP contribution in [0.3, 0.4) is 0 Å². The van der Waals surface area contributed by atoms with E-state index in [1.165, 1.54) is 46.6 Å². The van der Waals surface area contributed by atoms with E-state index in [1.807, 2.05) is 24.3 Å². The molecule has 150 valence electrons. The van der Waals surface area contributed by atoms with Crippen LogP contribution < -0.4 is 5.32 Å². The van der Waals surface area contributed by atoms with Crippen LogP contribution in [0.4, 0.5) is 10.1 Å². The molecule has 0 spiro atoms. The summed E-state index contributed by atoms with van der Waals surface area (Å²) in [6, 6.07) is 13.2. The third kappa shape index (κ3) is 5.44. The molecule has 0 aliphatic rings. The highest BCUT2D eigenvalue weighted by Crippen LogP contribution is 2.14. The van der Waals surface area contributed by atoms with Gasteiger partial charge in [0.2, 0.25) is 17.6 Å². The molecule has 0 saturated carbocycles. The van der Waals surface area contributed by atoms with Gasteiger partial charge >= 0.3 is 0 Å². The van der Waals surface area contributed by atoms with Crippen LogP contribution >= 0.6 is 0 Å². The van der Waals surface area contributed by atoms with Crippen LogP contribution in [0.2, 0.25) is 0 Å². The highest BCUT2D eigenvalue weighted by atomic mass is 19.1. The molecule has 3 aromatic rings. The van der Waals surface area contributed by atoms with Gasteiger partial charge in [-0.25, -0.2) is 4.39 Å². The number of benzene rings is 2. The summed E-state index contributed by atoms with van der Waals surface area (Å²) in [4.78, 5) is 26.9. The first-order chi connectivity index (χ1) is 13.9. The van der Waals surface area contributed by atoms with Gasteiger partial charge < -0.3 is 10.2 Å². The first-order valence-electron chi connectivity index (χ1n) is 9.11. The zero-order valence-electron chi connectivity index (χ0n) is 16.2. The number of carbonyl (C=O) groups excluding carboxylic acids is 2. The molecule has 0 aliphatic heterocycles. The predicted molar refractivity (Wildman–Crippen MR) is 105 cm³/mol. The maximum atomic E-state index is 12.9. The van der Waals surface area contributed by atoms with Gasteiger partial charge in [0, 0.05) is 18.3 Å². The van der Waals surface area contributed by atoms with Gasteiger partial charge in [0.25, 0.3) is 0 Å². The lowest BCUT2D eigenvalue weighted by Gasteiger charge is -2.16. The number of tetrazole rings is 1. The molecule has 9 heteroatoms. The zero-order chi connectivity index (χ0) is 20.8. The molecule has 0 unspecified atom stereocenters. The average Bonchev–Trinajstić information content (AvgIpc) is 3.18. The maximum Gasteiger partial charge on any atom is 0.246 e. The van der Waals surface area contributed by atoms with Gasteiger partial charge in [-0.15, -0.1) is 10.2 Å². The Kier molecular flexibility index (Phi) is 6.28. The van der Waals surface area contributed by atoms with Crippen LogP contribution in [0.15, 0.2) is 48.5 Å². The van der Waals surface area contributed by atoms with Gasteiger partial charge in [-0.3, -0.25) is 9.59 Å². The number of amides is 2. The maximum absolute atomic E-state index is 12.9. The summed E-state index contributed by atoms with van der Waals surface area (Å²) in [6.07, 6.45) is 0.940. The smallest absolute Gasteiger partial charge is 0.246 e. The molecule has 0 radical (unpaired) electrons. The summed E-state index contributed by atoms with van der Waals surface area (Å²) in [5, 5.41) is 14.7. The van der Waals surface area contributed by atoms with Crippen molar-refractivity contribution in [3.63, 3.8) is 0 Å². The summed E-state index contributed by atoms with van der Waals surface area (Å²) in [5.74, 6) is -0.700. The summed E-state index contributed by atoms with van der Waals surface area (Å²) in [7, 11) is 1.51. The second kappa shape index (κ2) is 9.05. The molecular weight excluding hydrogens is 375 g/mol. The number of halogens is 1. The van der Waals surface area contributed by atoms with E-state index in [-0.39, 0.29) is 19.0 Å². The number of nitrogens with one attached hydrogen (secondary N) is 1. The average molecular weight is 396 g/mol. The molecule has 8 nitrogen and oxygen atoms in total. The van der Waals surface area contributed by atoms with E-state index in [9.17, 15) is 14.0 Å². The van der Waals surface area contributed by atoms with Crippen LogP contribution in [0.5, 0.6) is 0 Å². The molecule has 2 amide bonds. The Balaban J connectivity index is 1.54. The quantitative estimate of drug-likeness (QED) is 0.660. The summed E-state index contributed by atoms with van der Waals surface area (Å²) in [6.45, 7) is 1.78. The fraction of sp³-hybridized carbons (Fsp3) is 0.250. The number of aryl methyl sites for hydroxylation is 1. The van der Waals surface area contributed by atoms with Gasteiger partial charge in [-0.1, -0.05) is 31.2 Å². The zero-order valence-corrected chi connectivity index (χ0v) is 16.2. The van der Waals surface area contributed by atoms with Crippen molar-refractivity contribution in [2.45, 2.75) is 19.9 Å². The van der Waals surface area contributed by atoms with Gasteiger partial charge in [0.1, 0.15) is 12.4 Å².